The van der Waals surface area contributed by atoms with Crippen molar-refractivity contribution in [3.8, 4) is 34.1 Å². The van der Waals surface area contributed by atoms with Crippen molar-refractivity contribution in [2.24, 2.45) is 0 Å². The molecule has 5 rings (SSSR count). The largest absolute Gasteiger partial charge is 0.493 e. The second kappa shape index (κ2) is 10.4. The fourth-order valence-corrected chi connectivity index (χ4v) is 4.93. The number of unbranched alkanes of at least 4 members (excludes halogenated alkanes) is 1. The molecule has 0 bridgehead atoms. The summed E-state index contributed by atoms with van der Waals surface area (Å²) in [5, 5.41) is 9.43. The van der Waals surface area contributed by atoms with Gasteiger partial charge in [-0.05, 0) is 59.9 Å². The van der Waals surface area contributed by atoms with E-state index in [1.807, 2.05) is 31.2 Å². The van der Waals surface area contributed by atoms with E-state index in [-0.39, 0.29) is 12.1 Å². The van der Waals surface area contributed by atoms with Crippen LogP contribution in [0.5, 0.6) is 5.75 Å². The second-order valence-electron chi connectivity index (χ2n) is 9.37. The van der Waals surface area contributed by atoms with E-state index in [0.717, 1.165) is 36.1 Å². The van der Waals surface area contributed by atoms with Crippen LogP contribution in [-0.2, 0) is 19.4 Å². The van der Waals surface area contributed by atoms with Crippen LogP contribution >= 0.6 is 0 Å². The molecule has 0 aliphatic carbocycles. The van der Waals surface area contributed by atoms with E-state index in [2.05, 4.69) is 13.0 Å². The zero-order valence-corrected chi connectivity index (χ0v) is 21.1. The number of nitriles is 1. The highest BCUT2D eigenvalue weighted by Gasteiger charge is 2.20. The molecule has 0 saturated carbocycles. The summed E-state index contributed by atoms with van der Waals surface area (Å²) in [5.41, 5.74) is 5.12. The Kier molecular flexibility index (Phi) is 6.87. The van der Waals surface area contributed by atoms with Crippen LogP contribution in [0.2, 0.25) is 0 Å². The van der Waals surface area contributed by atoms with Gasteiger partial charge in [0.05, 0.1) is 36.0 Å². The summed E-state index contributed by atoms with van der Waals surface area (Å²) in [7, 11) is 0. The molecule has 37 heavy (non-hydrogen) atoms. The number of hydrogen-bond acceptors (Lipinski definition) is 4. The van der Waals surface area contributed by atoms with Gasteiger partial charge in [-0.1, -0.05) is 49.7 Å². The Labute approximate surface area is 215 Å². The molecule has 0 fully saturated rings. The standard InChI is InChI=1S/C31H28FN3O2/c1-3-4-9-29-34-20(2)30(23-12-13-28-22(16-23)14-15-37-28)31(36)35(29)19-25-11-10-21(17-27(25)32)26-8-6-5-7-24(26)18-33/h5-8,10-13,16-17H,3-4,9,14-15,19H2,1-2H3. The molecule has 6 heteroatoms. The average molecular weight is 494 g/mol. The Morgan fingerprint density at radius 3 is 2.70 bits per heavy atom. The van der Waals surface area contributed by atoms with E-state index in [1.165, 1.54) is 6.07 Å². The molecule has 2 heterocycles. The number of fused-ring (bicyclic) bond motifs is 1. The number of hydrogen-bond donors (Lipinski definition) is 0. The first-order chi connectivity index (χ1) is 18.0. The Morgan fingerprint density at radius 2 is 1.92 bits per heavy atom. The quantitative estimate of drug-likeness (QED) is 0.306. The maximum Gasteiger partial charge on any atom is 0.261 e. The maximum absolute atomic E-state index is 15.4. The van der Waals surface area contributed by atoms with Crippen molar-refractivity contribution in [1.29, 1.82) is 5.26 Å². The highest BCUT2D eigenvalue weighted by Crippen LogP contribution is 2.31. The summed E-state index contributed by atoms with van der Waals surface area (Å²) < 4.78 is 22.6. The summed E-state index contributed by atoms with van der Waals surface area (Å²) in [6, 6.07) is 20.0. The van der Waals surface area contributed by atoms with Gasteiger partial charge in [-0.2, -0.15) is 5.26 Å². The Hall–Kier alpha value is -4.24. The van der Waals surface area contributed by atoms with Gasteiger partial charge >= 0.3 is 0 Å². The fraction of sp³-hybridized carbons (Fsp3) is 0.258. The van der Waals surface area contributed by atoms with Gasteiger partial charge in [0, 0.05) is 18.4 Å². The first-order valence-electron chi connectivity index (χ1n) is 12.6. The molecule has 0 amide bonds. The third-order valence-electron chi connectivity index (χ3n) is 6.90. The SMILES string of the molecule is CCCCc1nc(C)c(-c2ccc3c(c2)CCO3)c(=O)n1Cc1ccc(-c2ccccc2C#N)cc1F. The number of nitrogens with zero attached hydrogens (tertiary/aromatic N) is 3. The van der Waals surface area contributed by atoms with Crippen molar-refractivity contribution in [2.45, 2.75) is 46.1 Å². The van der Waals surface area contributed by atoms with Gasteiger partial charge in [-0.15, -0.1) is 0 Å². The van der Waals surface area contributed by atoms with E-state index >= 15 is 4.39 Å². The summed E-state index contributed by atoms with van der Waals surface area (Å²) >= 11 is 0. The van der Waals surface area contributed by atoms with Crippen molar-refractivity contribution >= 4 is 0 Å². The maximum atomic E-state index is 15.4. The minimum absolute atomic E-state index is 0.0816. The van der Waals surface area contributed by atoms with Crippen LogP contribution in [0, 0.1) is 24.1 Å². The van der Waals surface area contributed by atoms with Gasteiger partial charge in [0.2, 0.25) is 0 Å². The zero-order chi connectivity index (χ0) is 25.9. The minimum atomic E-state index is -0.421. The van der Waals surface area contributed by atoms with E-state index in [1.54, 1.807) is 34.9 Å². The van der Waals surface area contributed by atoms with Crippen molar-refractivity contribution in [2.75, 3.05) is 6.61 Å². The molecule has 5 nitrogen and oxygen atoms in total. The van der Waals surface area contributed by atoms with Gasteiger partial charge in [0.1, 0.15) is 17.4 Å². The van der Waals surface area contributed by atoms with Crippen molar-refractivity contribution < 1.29 is 9.13 Å². The van der Waals surface area contributed by atoms with Crippen LogP contribution in [0.3, 0.4) is 0 Å². The molecule has 0 unspecified atom stereocenters. The number of ether oxygens (including phenoxy) is 1. The lowest BCUT2D eigenvalue weighted by Crippen LogP contribution is -2.28. The number of rotatable bonds is 7. The smallest absolute Gasteiger partial charge is 0.261 e. The van der Waals surface area contributed by atoms with E-state index in [9.17, 15) is 10.1 Å². The van der Waals surface area contributed by atoms with Gasteiger partial charge < -0.3 is 4.74 Å². The molecular weight excluding hydrogens is 465 g/mol. The highest BCUT2D eigenvalue weighted by molar-refractivity contribution is 5.71. The summed E-state index contributed by atoms with van der Waals surface area (Å²) in [6.45, 7) is 4.68. The third-order valence-corrected chi connectivity index (χ3v) is 6.90. The monoisotopic (exact) mass is 493 g/mol. The van der Waals surface area contributed by atoms with Crippen molar-refractivity contribution in [3.05, 3.63) is 105 Å². The lowest BCUT2D eigenvalue weighted by Gasteiger charge is -2.17. The number of aromatic nitrogens is 2. The lowest BCUT2D eigenvalue weighted by atomic mass is 9.99. The molecular formula is C31H28FN3O2. The molecule has 186 valence electrons. The highest BCUT2D eigenvalue weighted by atomic mass is 19.1. The molecule has 0 radical (unpaired) electrons. The van der Waals surface area contributed by atoms with Crippen molar-refractivity contribution in [1.82, 2.24) is 9.55 Å². The fourth-order valence-electron chi connectivity index (χ4n) is 4.93. The molecule has 0 spiro atoms. The predicted octanol–water partition coefficient (Wildman–Crippen LogP) is 6.22. The molecule has 1 aliphatic rings. The van der Waals surface area contributed by atoms with Gasteiger partial charge in [-0.3, -0.25) is 9.36 Å². The molecule has 1 aromatic heterocycles. The van der Waals surface area contributed by atoms with Crippen LogP contribution in [0.1, 0.15) is 48.0 Å². The van der Waals surface area contributed by atoms with E-state index in [0.29, 0.717) is 52.4 Å². The molecule has 1 aliphatic heterocycles. The molecule has 4 aromatic rings. The summed E-state index contributed by atoms with van der Waals surface area (Å²) in [6.07, 6.45) is 3.29. The van der Waals surface area contributed by atoms with E-state index < -0.39 is 5.82 Å². The number of benzene rings is 3. The zero-order valence-electron chi connectivity index (χ0n) is 21.1. The topological polar surface area (TPSA) is 67.9 Å². The first-order valence-corrected chi connectivity index (χ1v) is 12.6. The molecule has 3 aromatic carbocycles. The normalized spacial score (nSPS) is 12.2. The predicted molar refractivity (Wildman–Crippen MR) is 142 cm³/mol. The van der Waals surface area contributed by atoms with E-state index in [4.69, 9.17) is 9.72 Å². The molecule has 0 atom stereocenters. The average Bonchev–Trinajstić information content (AvgIpc) is 3.38. The van der Waals surface area contributed by atoms with Crippen molar-refractivity contribution in [3.63, 3.8) is 0 Å². The van der Waals surface area contributed by atoms with Crippen LogP contribution in [-0.4, -0.2) is 16.2 Å². The Morgan fingerprint density at radius 1 is 1.11 bits per heavy atom. The second-order valence-corrected chi connectivity index (χ2v) is 9.37. The van der Waals surface area contributed by atoms with Crippen LogP contribution in [0.4, 0.5) is 4.39 Å². The summed E-state index contributed by atoms with van der Waals surface area (Å²) in [4.78, 5) is 18.7. The first kappa shape index (κ1) is 24.5. The van der Waals surface area contributed by atoms with Gasteiger partial charge in [-0.25, -0.2) is 9.37 Å². The van der Waals surface area contributed by atoms with Gasteiger partial charge in [0.25, 0.3) is 5.56 Å². The minimum Gasteiger partial charge on any atom is -0.493 e. The van der Waals surface area contributed by atoms with Crippen LogP contribution < -0.4 is 10.3 Å². The Balaban J connectivity index is 1.57. The third kappa shape index (κ3) is 4.77. The van der Waals surface area contributed by atoms with Gasteiger partial charge in [0.15, 0.2) is 0 Å². The lowest BCUT2D eigenvalue weighted by molar-refractivity contribution is 0.357. The Bertz CT molecular complexity index is 1580. The number of halogens is 1. The molecule has 0 saturated heterocycles. The summed E-state index contributed by atoms with van der Waals surface area (Å²) in [5.74, 6) is 1.10. The van der Waals surface area contributed by atoms with Crippen LogP contribution in [0.15, 0.2) is 65.5 Å². The number of aryl methyl sites for hydroxylation is 2. The van der Waals surface area contributed by atoms with Crippen LogP contribution in [0.25, 0.3) is 22.3 Å². The molecule has 0 N–H and O–H groups in total.